The van der Waals surface area contributed by atoms with E-state index in [-0.39, 0.29) is 25.0 Å². The highest BCUT2D eigenvalue weighted by atomic mass is 19.1. The minimum atomic E-state index is -0.444. The van der Waals surface area contributed by atoms with Crippen LogP contribution in [0.3, 0.4) is 0 Å². The van der Waals surface area contributed by atoms with Crippen molar-refractivity contribution in [2.75, 3.05) is 18.5 Å². The van der Waals surface area contributed by atoms with Crippen LogP contribution in [0.25, 0.3) is 0 Å². The van der Waals surface area contributed by atoms with E-state index < -0.39 is 11.8 Å². The first-order chi connectivity index (χ1) is 14.2. The molecule has 0 fully saturated rings. The van der Waals surface area contributed by atoms with Gasteiger partial charge in [-0.3, -0.25) is 9.98 Å². The summed E-state index contributed by atoms with van der Waals surface area (Å²) in [6, 6.07) is 8.86. The highest BCUT2D eigenvalue weighted by Crippen LogP contribution is 2.19. The second kappa shape index (κ2) is 10.6. The number of nitrogens with zero attached hydrogens (tertiary/aromatic N) is 2. The highest BCUT2D eigenvalue weighted by molar-refractivity contribution is 6.07. The van der Waals surface area contributed by atoms with E-state index in [2.05, 4.69) is 20.6 Å². The number of aliphatic hydroxyl groups excluding tert-OH is 1. The van der Waals surface area contributed by atoms with Gasteiger partial charge in [-0.25, -0.2) is 9.18 Å². The number of hydrogen-bond donors (Lipinski definition) is 4. The van der Waals surface area contributed by atoms with Crippen LogP contribution in [0, 0.1) is 16.6 Å². The summed E-state index contributed by atoms with van der Waals surface area (Å²) < 4.78 is 13.5. The molecule has 0 saturated heterocycles. The third-order valence-electron chi connectivity index (χ3n) is 4.29. The summed E-state index contributed by atoms with van der Waals surface area (Å²) in [4.78, 5) is 20.9. The number of rotatable bonds is 8. The summed E-state index contributed by atoms with van der Waals surface area (Å²) in [5.41, 5.74) is 2.34. The molecule has 2 amide bonds. The second-order valence-electron chi connectivity index (χ2n) is 7.88. The maximum atomic E-state index is 13.5. The Labute approximate surface area is 176 Å². The average molecular weight is 413 g/mol. The van der Waals surface area contributed by atoms with E-state index in [9.17, 15) is 9.18 Å². The number of pyridine rings is 1. The fourth-order valence-corrected chi connectivity index (χ4v) is 2.46. The molecule has 1 aromatic heterocycles. The number of aliphatic imine (C=N–C) groups is 1. The standard InChI is InChI=1S/C22H28FN5O2/c1-22(2,3)20(24)12-19(27-17-6-4-5-15(23)11-17)14-26-21(30)28-18-8-7-16(9-10-29)25-13-18/h4-8,11,13,24,29H,9-10,12,14H2,1-3H3,(H2,26,28,30). The molecule has 8 heteroatoms. The molecule has 0 aliphatic heterocycles. The molecular weight excluding hydrogens is 385 g/mol. The fourth-order valence-electron chi connectivity index (χ4n) is 2.46. The molecule has 30 heavy (non-hydrogen) atoms. The number of amides is 2. The Morgan fingerprint density at radius 2 is 2.03 bits per heavy atom. The molecule has 0 radical (unpaired) electrons. The van der Waals surface area contributed by atoms with Gasteiger partial charge in [0.05, 0.1) is 24.1 Å². The average Bonchev–Trinajstić information content (AvgIpc) is 2.67. The van der Waals surface area contributed by atoms with Gasteiger partial charge in [0.1, 0.15) is 5.82 Å². The fraction of sp³-hybridized carbons (Fsp3) is 0.364. The van der Waals surface area contributed by atoms with Crippen molar-refractivity contribution in [1.29, 1.82) is 5.41 Å². The van der Waals surface area contributed by atoms with Crippen LogP contribution < -0.4 is 10.6 Å². The van der Waals surface area contributed by atoms with E-state index in [1.807, 2.05) is 20.8 Å². The van der Waals surface area contributed by atoms with Crippen LogP contribution in [-0.4, -0.2) is 40.7 Å². The normalized spacial score (nSPS) is 11.8. The van der Waals surface area contributed by atoms with Crippen molar-refractivity contribution >= 4 is 28.8 Å². The molecule has 0 aliphatic carbocycles. The molecular formula is C22H28FN5O2. The monoisotopic (exact) mass is 413 g/mol. The number of anilines is 1. The smallest absolute Gasteiger partial charge is 0.319 e. The van der Waals surface area contributed by atoms with Crippen molar-refractivity contribution in [1.82, 2.24) is 10.3 Å². The number of aliphatic hydroxyl groups is 1. The Balaban J connectivity index is 2.05. The number of aromatic nitrogens is 1. The third kappa shape index (κ3) is 7.71. The number of nitrogens with one attached hydrogen (secondary N) is 3. The Morgan fingerprint density at radius 1 is 1.27 bits per heavy atom. The van der Waals surface area contributed by atoms with Crippen LogP contribution in [0.4, 0.5) is 20.6 Å². The quantitative estimate of drug-likeness (QED) is 0.489. The first-order valence-corrected chi connectivity index (χ1v) is 9.68. The number of carbonyl (C=O) groups excluding carboxylic acids is 1. The molecule has 4 N–H and O–H groups in total. The van der Waals surface area contributed by atoms with Crippen LogP contribution in [0.2, 0.25) is 0 Å². The van der Waals surface area contributed by atoms with Crippen molar-refractivity contribution in [3.05, 3.63) is 54.1 Å². The van der Waals surface area contributed by atoms with Crippen molar-refractivity contribution in [2.24, 2.45) is 10.4 Å². The Bertz CT molecular complexity index is 904. The lowest BCUT2D eigenvalue weighted by molar-refractivity contribution is 0.253. The van der Waals surface area contributed by atoms with Crippen LogP contribution in [0.15, 0.2) is 47.6 Å². The molecule has 160 valence electrons. The molecule has 2 rings (SSSR count). The zero-order valence-corrected chi connectivity index (χ0v) is 17.5. The van der Waals surface area contributed by atoms with Crippen molar-refractivity contribution in [2.45, 2.75) is 33.6 Å². The second-order valence-corrected chi connectivity index (χ2v) is 7.88. The van der Waals surface area contributed by atoms with E-state index >= 15 is 0 Å². The van der Waals surface area contributed by atoms with E-state index in [1.54, 1.807) is 24.3 Å². The van der Waals surface area contributed by atoms with Crippen LogP contribution in [0.5, 0.6) is 0 Å². The van der Waals surface area contributed by atoms with Gasteiger partial charge < -0.3 is 21.1 Å². The number of halogens is 1. The van der Waals surface area contributed by atoms with Gasteiger partial charge in [-0.05, 0) is 35.7 Å². The van der Waals surface area contributed by atoms with E-state index in [0.717, 1.165) is 5.69 Å². The lowest BCUT2D eigenvalue weighted by Crippen LogP contribution is -2.35. The number of hydrogen-bond acceptors (Lipinski definition) is 5. The molecule has 7 nitrogen and oxygen atoms in total. The molecule has 0 bridgehead atoms. The van der Waals surface area contributed by atoms with Gasteiger partial charge in [0.25, 0.3) is 0 Å². The van der Waals surface area contributed by atoms with Gasteiger partial charge in [-0.1, -0.05) is 26.8 Å². The molecule has 2 aromatic rings. The van der Waals surface area contributed by atoms with Crippen molar-refractivity contribution in [3.63, 3.8) is 0 Å². The highest BCUT2D eigenvalue weighted by Gasteiger charge is 2.19. The molecule has 0 unspecified atom stereocenters. The minimum absolute atomic E-state index is 0.0112. The minimum Gasteiger partial charge on any atom is -0.396 e. The molecule has 1 aromatic carbocycles. The number of carbonyl (C=O) groups is 1. The van der Waals surface area contributed by atoms with E-state index in [1.165, 1.54) is 18.3 Å². The molecule has 0 saturated carbocycles. The van der Waals surface area contributed by atoms with Crippen molar-refractivity contribution in [3.8, 4) is 0 Å². The number of urea groups is 1. The van der Waals surface area contributed by atoms with Gasteiger partial charge in [0.2, 0.25) is 0 Å². The van der Waals surface area contributed by atoms with Crippen LogP contribution >= 0.6 is 0 Å². The SMILES string of the molecule is CC(C)(C)C(=N)CC(CNC(=O)Nc1ccc(CCO)nc1)=Nc1cccc(F)c1. The Morgan fingerprint density at radius 3 is 2.63 bits per heavy atom. The predicted octanol–water partition coefficient (Wildman–Crippen LogP) is 4.11. The summed E-state index contributed by atoms with van der Waals surface area (Å²) in [6.07, 6.45) is 2.23. The first kappa shape index (κ1) is 23.2. The lowest BCUT2D eigenvalue weighted by atomic mass is 9.87. The molecule has 1 heterocycles. The zero-order valence-electron chi connectivity index (χ0n) is 17.5. The zero-order chi connectivity index (χ0) is 22.1. The summed E-state index contributed by atoms with van der Waals surface area (Å²) in [6.45, 7) is 5.92. The molecule has 0 atom stereocenters. The molecule has 0 aliphatic rings. The third-order valence-corrected chi connectivity index (χ3v) is 4.29. The van der Waals surface area contributed by atoms with E-state index in [4.69, 9.17) is 10.5 Å². The van der Waals surface area contributed by atoms with Gasteiger partial charge in [-0.15, -0.1) is 0 Å². The number of benzene rings is 1. The van der Waals surface area contributed by atoms with Crippen LogP contribution in [0.1, 0.15) is 32.9 Å². The van der Waals surface area contributed by atoms with E-state index in [0.29, 0.717) is 29.2 Å². The first-order valence-electron chi connectivity index (χ1n) is 9.68. The summed E-state index contributed by atoms with van der Waals surface area (Å²) in [7, 11) is 0. The van der Waals surface area contributed by atoms with Gasteiger partial charge in [0, 0.05) is 36.6 Å². The van der Waals surface area contributed by atoms with Gasteiger partial charge >= 0.3 is 6.03 Å². The molecule has 0 spiro atoms. The van der Waals surface area contributed by atoms with Gasteiger partial charge in [-0.2, -0.15) is 0 Å². The summed E-state index contributed by atoms with van der Waals surface area (Å²) >= 11 is 0. The predicted molar refractivity (Wildman–Crippen MR) is 117 cm³/mol. The summed E-state index contributed by atoms with van der Waals surface area (Å²) in [5, 5.41) is 22.6. The van der Waals surface area contributed by atoms with Gasteiger partial charge in [0.15, 0.2) is 0 Å². The lowest BCUT2D eigenvalue weighted by Gasteiger charge is -2.21. The maximum Gasteiger partial charge on any atom is 0.319 e. The summed E-state index contributed by atoms with van der Waals surface area (Å²) in [5.74, 6) is -0.399. The largest absolute Gasteiger partial charge is 0.396 e. The maximum absolute atomic E-state index is 13.5. The topological polar surface area (TPSA) is 110 Å². The Hall–Kier alpha value is -3.13. The Kier molecular flexibility index (Phi) is 8.17. The van der Waals surface area contributed by atoms with Crippen molar-refractivity contribution < 1.29 is 14.3 Å². The van der Waals surface area contributed by atoms with Crippen LogP contribution in [-0.2, 0) is 6.42 Å².